The normalized spacial score (nSPS) is 18.0. The molecule has 3 rings (SSSR count). The van der Waals surface area contributed by atoms with Crippen LogP contribution in [0.4, 0.5) is 0 Å². The third-order valence-corrected chi connectivity index (χ3v) is 5.66. The number of aromatic amines is 1. The number of fused-ring (bicyclic) bond motifs is 1. The molecule has 9 heteroatoms. The predicted octanol–water partition coefficient (Wildman–Crippen LogP) is 0.227. The number of carbonyl (C=O) groups is 3. The van der Waals surface area contributed by atoms with Crippen molar-refractivity contribution in [3.05, 3.63) is 36.0 Å². The van der Waals surface area contributed by atoms with Crippen molar-refractivity contribution in [2.45, 2.75) is 44.4 Å². The van der Waals surface area contributed by atoms with Gasteiger partial charge in [0.1, 0.15) is 0 Å². The zero-order valence-electron chi connectivity index (χ0n) is 16.9. The standard InChI is InChI=1S/C21H28N4O5/c1-12(26)18(21(29)30)24-19(27)13-6-8-25(9-7-13)20(28)16(22)10-14-11-23-17-5-3-2-4-15(14)17/h2-5,11-13,16,18,23,26H,6-10,22H2,1H3,(H,24,27)(H,29,30)/t12?,16-,18+/m0/s1. The number of para-hydroxylation sites is 1. The molecule has 6 N–H and O–H groups in total. The van der Waals surface area contributed by atoms with Crippen LogP contribution in [0.15, 0.2) is 30.5 Å². The lowest BCUT2D eigenvalue weighted by atomic mass is 9.94. The molecule has 2 amide bonds. The molecular formula is C21H28N4O5. The van der Waals surface area contributed by atoms with Crippen LogP contribution < -0.4 is 11.1 Å². The maximum absolute atomic E-state index is 12.8. The number of piperidine rings is 1. The summed E-state index contributed by atoms with van der Waals surface area (Å²) in [5.74, 6) is -2.27. The average molecular weight is 416 g/mol. The van der Waals surface area contributed by atoms with Crippen LogP contribution in [0, 0.1) is 5.92 Å². The molecule has 2 aromatic rings. The number of amides is 2. The first kappa shape index (κ1) is 21.8. The fourth-order valence-corrected chi connectivity index (χ4v) is 3.88. The third kappa shape index (κ3) is 4.80. The first-order valence-corrected chi connectivity index (χ1v) is 10.1. The molecule has 1 saturated heterocycles. The number of carboxylic acid groups (broad SMARTS) is 1. The summed E-state index contributed by atoms with van der Waals surface area (Å²) in [5, 5.41) is 22.0. The zero-order valence-corrected chi connectivity index (χ0v) is 16.9. The molecule has 162 valence electrons. The van der Waals surface area contributed by atoms with E-state index in [4.69, 9.17) is 10.8 Å². The highest BCUT2D eigenvalue weighted by Gasteiger charge is 2.33. The van der Waals surface area contributed by atoms with E-state index in [1.165, 1.54) is 6.92 Å². The SMILES string of the molecule is CC(O)[C@@H](NC(=O)C1CCN(C(=O)[C@@H](N)Cc2c[nH]c3ccccc23)CC1)C(=O)O. The van der Waals surface area contributed by atoms with Crippen LogP contribution in [-0.2, 0) is 20.8 Å². The Labute approximate surface area is 174 Å². The second-order valence-electron chi connectivity index (χ2n) is 7.83. The average Bonchev–Trinajstić information content (AvgIpc) is 3.13. The highest BCUT2D eigenvalue weighted by atomic mass is 16.4. The molecule has 0 spiro atoms. The van der Waals surface area contributed by atoms with Crippen molar-refractivity contribution >= 4 is 28.7 Å². The van der Waals surface area contributed by atoms with E-state index in [2.05, 4.69) is 10.3 Å². The van der Waals surface area contributed by atoms with E-state index < -0.39 is 36.0 Å². The molecule has 1 aliphatic heterocycles. The van der Waals surface area contributed by atoms with E-state index in [-0.39, 0.29) is 5.91 Å². The number of H-pyrrole nitrogens is 1. The lowest BCUT2D eigenvalue weighted by Gasteiger charge is -2.33. The van der Waals surface area contributed by atoms with Gasteiger partial charge in [0.25, 0.3) is 0 Å². The number of likely N-dealkylation sites (tertiary alicyclic amines) is 1. The van der Waals surface area contributed by atoms with Crippen molar-refractivity contribution in [2.24, 2.45) is 11.7 Å². The Kier molecular flexibility index (Phi) is 6.73. The molecule has 2 heterocycles. The molecule has 1 aromatic carbocycles. The number of carboxylic acids is 1. The van der Waals surface area contributed by atoms with Gasteiger partial charge < -0.3 is 31.1 Å². The fraction of sp³-hybridized carbons (Fsp3) is 0.476. The van der Waals surface area contributed by atoms with Gasteiger partial charge in [-0.15, -0.1) is 0 Å². The lowest BCUT2D eigenvalue weighted by Crippen LogP contribution is -2.52. The number of hydrogen-bond donors (Lipinski definition) is 5. The number of aliphatic carboxylic acids is 1. The van der Waals surface area contributed by atoms with Crippen molar-refractivity contribution in [2.75, 3.05) is 13.1 Å². The van der Waals surface area contributed by atoms with Crippen LogP contribution in [0.2, 0.25) is 0 Å². The number of rotatable bonds is 7. The van der Waals surface area contributed by atoms with Crippen molar-refractivity contribution in [1.82, 2.24) is 15.2 Å². The molecule has 1 unspecified atom stereocenters. The van der Waals surface area contributed by atoms with E-state index in [1.807, 2.05) is 30.5 Å². The molecule has 1 fully saturated rings. The van der Waals surface area contributed by atoms with Crippen LogP contribution in [0.25, 0.3) is 10.9 Å². The van der Waals surface area contributed by atoms with Crippen LogP contribution >= 0.6 is 0 Å². The summed E-state index contributed by atoms with van der Waals surface area (Å²) in [7, 11) is 0. The fourth-order valence-electron chi connectivity index (χ4n) is 3.88. The minimum atomic E-state index is -1.35. The smallest absolute Gasteiger partial charge is 0.328 e. The first-order valence-electron chi connectivity index (χ1n) is 10.1. The van der Waals surface area contributed by atoms with Crippen molar-refractivity contribution in [3.8, 4) is 0 Å². The molecular weight excluding hydrogens is 388 g/mol. The highest BCUT2D eigenvalue weighted by Crippen LogP contribution is 2.21. The number of aliphatic hydroxyl groups is 1. The van der Waals surface area contributed by atoms with E-state index in [0.717, 1.165) is 16.5 Å². The second-order valence-corrected chi connectivity index (χ2v) is 7.83. The van der Waals surface area contributed by atoms with Gasteiger partial charge in [0.2, 0.25) is 11.8 Å². The molecule has 0 saturated carbocycles. The summed E-state index contributed by atoms with van der Waals surface area (Å²) in [4.78, 5) is 41.1. The summed E-state index contributed by atoms with van der Waals surface area (Å²) in [6.07, 6.45) is 1.93. The predicted molar refractivity (Wildman–Crippen MR) is 111 cm³/mol. The number of benzene rings is 1. The van der Waals surface area contributed by atoms with Gasteiger partial charge in [0.05, 0.1) is 12.1 Å². The lowest BCUT2D eigenvalue weighted by molar-refractivity contribution is -0.146. The summed E-state index contributed by atoms with van der Waals surface area (Å²) < 4.78 is 0. The number of aliphatic hydroxyl groups excluding tert-OH is 1. The van der Waals surface area contributed by atoms with Gasteiger partial charge in [-0.25, -0.2) is 4.79 Å². The minimum absolute atomic E-state index is 0.161. The van der Waals surface area contributed by atoms with Crippen molar-refractivity contribution in [3.63, 3.8) is 0 Å². The van der Waals surface area contributed by atoms with Crippen molar-refractivity contribution in [1.29, 1.82) is 0 Å². The minimum Gasteiger partial charge on any atom is -0.480 e. The van der Waals surface area contributed by atoms with Gasteiger partial charge in [-0.3, -0.25) is 9.59 Å². The van der Waals surface area contributed by atoms with E-state index >= 15 is 0 Å². The third-order valence-electron chi connectivity index (χ3n) is 5.66. The molecule has 0 aliphatic carbocycles. The zero-order chi connectivity index (χ0) is 21.8. The van der Waals surface area contributed by atoms with Gasteiger partial charge in [-0.2, -0.15) is 0 Å². The molecule has 9 nitrogen and oxygen atoms in total. The van der Waals surface area contributed by atoms with Gasteiger partial charge in [0, 0.05) is 36.1 Å². The van der Waals surface area contributed by atoms with E-state index in [9.17, 15) is 19.5 Å². The molecule has 30 heavy (non-hydrogen) atoms. The maximum Gasteiger partial charge on any atom is 0.328 e. The van der Waals surface area contributed by atoms with Crippen LogP contribution in [0.3, 0.4) is 0 Å². The van der Waals surface area contributed by atoms with E-state index in [1.54, 1.807) is 4.90 Å². The number of hydrogen-bond acceptors (Lipinski definition) is 5. The summed E-state index contributed by atoms with van der Waals surface area (Å²) in [6, 6.07) is 5.81. The van der Waals surface area contributed by atoms with Gasteiger partial charge in [-0.05, 0) is 37.8 Å². The molecule has 0 radical (unpaired) electrons. The Balaban J connectivity index is 1.53. The quantitative estimate of drug-likeness (QED) is 0.436. The van der Waals surface area contributed by atoms with Crippen molar-refractivity contribution < 1.29 is 24.6 Å². The summed E-state index contributed by atoms with van der Waals surface area (Å²) >= 11 is 0. The Morgan fingerprint density at radius 3 is 2.57 bits per heavy atom. The Morgan fingerprint density at radius 2 is 1.93 bits per heavy atom. The highest BCUT2D eigenvalue weighted by molar-refractivity contribution is 5.87. The largest absolute Gasteiger partial charge is 0.480 e. The maximum atomic E-state index is 12.8. The Hall–Kier alpha value is -2.91. The number of carbonyl (C=O) groups excluding carboxylic acids is 2. The summed E-state index contributed by atoms with van der Waals surface area (Å²) in [5.41, 5.74) is 8.16. The first-order chi connectivity index (χ1) is 14.3. The molecule has 0 bridgehead atoms. The van der Waals surface area contributed by atoms with Crippen LogP contribution in [0.5, 0.6) is 0 Å². The number of aromatic nitrogens is 1. The van der Waals surface area contributed by atoms with Crippen LogP contribution in [-0.4, -0.2) is 69.2 Å². The van der Waals surface area contributed by atoms with Gasteiger partial charge in [-0.1, -0.05) is 18.2 Å². The number of nitrogens with zero attached hydrogens (tertiary/aromatic N) is 1. The second kappa shape index (κ2) is 9.27. The van der Waals surface area contributed by atoms with Gasteiger partial charge in [0.15, 0.2) is 6.04 Å². The molecule has 3 atom stereocenters. The van der Waals surface area contributed by atoms with Crippen LogP contribution in [0.1, 0.15) is 25.3 Å². The van der Waals surface area contributed by atoms with E-state index in [0.29, 0.717) is 32.4 Å². The number of nitrogens with one attached hydrogen (secondary N) is 2. The summed E-state index contributed by atoms with van der Waals surface area (Å²) in [6.45, 7) is 2.07. The van der Waals surface area contributed by atoms with Gasteiger partial charge >= 0.3 is 5.97 Å². The monoisotopic (exact) mass is 416 g/mol. The Bertz CT molecular complexity index is 917. The Morgan fingerprint density at radius 1 is 1.27 bits per heavy atom. The molecule has 1 aromatic heterocycles. The number of nitrogens with two attached hydrogens (primary N) is 1. The molecule has 1 aliphatic rings. The topological polar surface area (TPSA) is 149 Å².